The quantitative estimate of drug-likeness (QED) is 0.246. The third-order valence-corrected chi connectivity index (χ3v) is 4.89. The highest BCUT2D eigenvalue weighted by Crippen LogP contribution is 2.46. The Morgan fingerprint density at radius 1 is 1.57 bits per heavy atom. The average molecular weight is 385 g/mol. The Bertz CT molecular complexity index is 761. The molecule has 2 unspecified atom stereocenters. The SMILES string of the molecule is C[C@@]1(Br)C(O)C(CO)O[C@H]1n1cc(/C=N/N)c2c(N)ncnc21. The van der Waals surface area contributed by atoms with E-state index in [-0.39, 0.29) is 12.4 Å². The van der Waals surface area contributed by atoms with Crippen LogP contribution in [0.3, 0.4) is 0 Å². The fraction of sp³-hybridized carbons (Fsp3) is 0.462. The van der Waals surface area contributed by atoms with Gasteiger partial charge in [-0.25, -0.2) is 9.97 Å². The summed E-state index contributed by atoms with van der Waals surface area (Å²) in [6, 6.07) is 0. The van der Waals surface area contributed by atoms with Gasteiger partial charge in [0.25, 0.3) is 0 Å². The van der Waals surface area contributed by atoms with Crippen LogP contribution in [0.1, 0.15) is 18.7 Å². The molecule has 1 aliphatic rings. The van der Waals surface area contributed by atoms with E-state index < -0.39 is 22.8 Å². The summed E-state index contributed by atoms with van der Waals surface area (Å²) in [5, 5.41) is 23.8. The van der Waals surface area contributed by atoms with Crippen LogP contribution in [0, 0.1) is 0 Å². The van der Waals surface area contributed by atoms with E-state index in [1.807, 2.05) is 0 Å². The van der Waals surface area contributed by atoms with Crippen molar-refractivity contribution in [3.63, 3.8) is 0 Å². The van der Waals surface area contributed by atoms with E-state index in [1.54, 1.807) is 17.7 Å². The fourth-order valence-corrected chi connectivity index (χ4v) is 3.48. The van der Waals surface area contributed by atoms with Crippen molar-refractivity contribution in [1.29, 1.82) is 0 Å². The molecule has 0 amide bonds. The number of rotatable bonds is 3. The number of aromatic nitrogens is 3. The van der Waals surface area contributed by atoms with Gasteiger partial charge in [-0.2, -0.15) is 5.10 Å². The molecular weight excluding hydrogens is 368 g/mol. The maximum atomic E-state index is 10.3. The Labute approximate surface area is 140 Å². The van der Waals surface area contributed by atoms with E-state index in [1.165, 1.54) is 12.5 Å². The first-order valence-electron chi connectivity index (χ1n) is 6.89. The number of aliphatic hydroxyl groups excluding tert-OH is 2. The predicted octanol–water partition coefficient (Wildman–Crippen LogP) is -0.290. The Morgan fingerprint density at radius 3 is 2.91 bits per heavy atom. The van der Waals surface area contributed by atoms with Gasteiger partial charge in [0.15, 0.2) is 6.23 Å². The molecule has 9 nitrogen and oxygen atoms in total. The van der Waals surface area contributed by atoms with Crippen molar-refractivity contribution in [1.82, 2.24) is 14.5 Å². The number of aliphatic hydroxyl groups is 2. The first kappa shape index (κ1) is 16.1. The average Bonchev–Trinajstić information content (AvgIpc) is 2.97. The van der Waals surface area contributed by atoms with Gasteiger partial charge in [0, 0.05) is 11.8 Å². The smallest absolute Gasteiger partial charge is 0.153 e. The maximum absolute atomic E-state index is 10.3. The number of nitrogens with zero attached hydrogens (tertiary/aromatic N) is 4. The van der Waals surface area contributed by atoms with Gasteiger partial charge in [-0.15, -0.1) is 0 Å². The van der Waals surface area contributed by atoms with Crippen molar-refractivity contribution in [2.45, 2.75) is 29.7 Å². The molecule has 2 aromatic rings. The summed E-state index contributed by atoms with van der Waals surface area (Å²) in [5.74, 6) is 5.54. The Morgan fingerprint density at radius 2 is 2.30 bits per heavy atom. The van der Waals surface area contributed by atoms with Crippen LogP contribution in [0.5, 0.6) is 0 Å². The molecule has 3 rings (SSSR count). The van der Waals surface area contributed by atoms with Crippen LogP contribution in [0.15, 0.2) is 17.6 Å². The molecule has 1 saturated heterocycles. The first-order valence-corrected chi connectivity index (χ1v) is 7.68. The minimum absolute atomic E-state index is 0.289. The van der Waals surface area contributed by atoms with E-state index in [0.717, 1.165) is 0 Å². The van der Waals surface area contributed by atoms with Crippen molar-refractivity contribution in [3.05, 3.63) is 18.1 Å². The van der Waals surface area contributed by atoms with Gasteiger partial charge < -0.3 is 31.1 Å². The predicted molar refractivity (Wildman–Crippen MR) is 88.1 cm³/mol. The molecular formula is C13H17BrN6O3. The molecule has 6 N–H and O–H groups in total. The fourth-order valence-electron chi connectivity index (χ4n) is 2.86. The molecule has 1 fully saturated rings. The van der Waals surface area contributed by atoms with Gasteiger partial charge in [-0.05, 0) is 6.92 Å². The van der Waals surface area contributed by atoms with Gasteiger partial charge >= 0.3 is 0 Å². The molecule has 3 heterocycles. The van der Waals surface area contributed by atoms with E-state index in [4.69, 9.17) is 16.3 Å². The minimum atomic E-state index is -0.902. The zero-order valence-electron chi connectivity index (χ0n) is 12.3. The van der Waals surface area contributed by atoms with Crippen molar-refractivity contribution in [2.24, 2.45) is 10.9 Å². The largest absolute Gasteiger partial charge is 0.394 e. The third-order valence-electron chi connectivity index (χ3n) is 4.03. The van der Waals surface area contributed by atoms with E-state index in [0.29, 0.717) is 16.6 Å². The molecule has 1 aliphatic heterocycles. The molecule has 0 aliphatic carbocycles. The van der Waals surface area contributed by atoms with E-state index >= 15 is 0 Å². The number of hydrogen-bond acceptors (Lipinski definition) is 8. The summed E-state index contributed by atoms with van der Waals surface area (Å²) in [7, 11) is 0. The van der Waals surface area contributed by atoms with Crippen LogP contribution in [-0.2, 0) is 4.74 Å². The number of hydrogen-bond donors (Lipinski definition) is 4. The van der Waals surface area contributed by atoms with Gasteiger partial charge in [0.2, 0.25) is 0 Å². The zero-order valence-corrected chi connectivity index (χ0v) is 13.9. The number of halogens is 1. The van der Waals surface area contributed by atoms with E-state index in [9.17, 15) is 10.2 Å². The van der Waals surface area contributed by atoms with Crippen LogP contribution in [-0.4, -0.2) is 54.1 Å². The second-order valence-electron chi connectivity index (χ2n) is 5.53. The monoisotopic (exact) mass is 384 g/mol. The van der Waals surface area contributed by atoms with E-state index in [2.05, 4.69) is 31.0 Å². The Hall–Kier alpha value is -1.75. The molecule has 124 valence electrons. The topological polar surface area (TPSA) is 145 Å². The lowest BCUT2D eigenvalue weighted by atomic mass is 10.0. The summed E-state index contributed by atoms with van der Waals surface area (Å²) < 4.78 is 6.69. The zero-order chi connectivity index (χ0) is 16.8. The lowest BCUT2D eigenvalue weighted by Crippen LogP contribution is -2.39. The maximum Gasteiger partial charge on any atom is 0.153 e. The molecule has 4 atom stereocenters. The highest BCUT2D eigenvalue weighted by atomic mass is 79.9. The summed E-state index contributed by atoms with van der Waals surface area (Å²) >= 11 is 3.50. The summed E-state index contributed by atoms with van der Waals surface area (Å²) in [5.41, 5.74) is 7.09. The second kappa shape index (κ2) is 5.71. The molecule has 0 bridgehead atoms. The molecule has 0 spiro atoms. The Balaban J connectivity index is 2.19. The standard InChI is InChI=1S/C13H17BrN6O3/c1-13(14)9(22)7(4-21)23-12(13)20-3-6(2-19-16)8-10(15)17-5-18-11(8)20/h2-3,5,7,9,12,21-22H,4,16H2,1H3,(H2,15,17,18)/b19-2+/t7?,9?,12-,13-/m1/s1. The van der Waals surface area contributed by atoms with Gasteiger partial charge in [-0.1, -0.05) is 15.9 Å². The highest BCUT2D eigenvalue weighted by molar-refractivity contribution is 9.10. The van der Waals surface area contributed by atoms with Crippen LogP contribution in [0.4, 0.5) is 5.82 Å². The van der Waals surface area contributed by atoms with Crippen LogP contribution in [0.2, 0.25) is 0 Å². The first-order chi connectivity index (χ1) is 10.9. The molecule has 2 aromatic heterocycles. The number of hydrazone groups is 1. The lowest BCUT2D eigenvalue weighted by molar-refractivity contribution is -0.0437. The number of fused-ring (bicyclic) bond motifs is 1. The van der Waals surface area contributed by atoms with Crippen molar-refractivity contribution in [2.75, 3.05) is 12.3 Å². The second-order valence-corrected chi connectivity index (χ2v) is 7.24. The molecule has 0 saturated carbocycles. The number of alkyl halides is 1. The Kier molecular flexibility index (Phi) is 4.00. The van der Waals surface area contributed by atoms with Gasteiger partial charge in [0.05, 0.1) is 22.5 Å². The molecule has 10 heteroatoms. The minimum Gasteiger partial charge on any atom is -0.394 e. The molecule has 0 aromatic carbocycles. The summed E-state index contributed by atoms with van der Waals surface area (Å²) in [6.07, 6.45) is 2.28. The number of nitrogens with two attached hydrogens (primary N) is 2. The number of nitrogen functional groups attached to an aromatic ring is 1. The lowest BCUT2D eigenvalue weighted by Gasteiger charge is -2.27. The van der Waals surface area contributed by atoms with Crippen LogP contribution in [0.25, 0.3) is 11.0 Å². The summed E-state index contributed by atoms with van der Waals surface area (Å²) in [6.45, 7) is 1.48. The van der Waals surface area contributed by atoms with Crippen molar-refractivity contribution in [3.8, 4) is 0 Å². The normalized spacial score (nSPS) is 31.4. The van der Waals surface area contributed by atoms with Crippen LogP contribution >= 0.6 is 15.9 Å². The number of ether oxygens (including phenoxy) is 1. The van der Waals surface area contributed by atoms with Gasteiger partial charge in [0.1, 0.15) is 30.0 Å². The molecule has 0 radical (unpaired) electrons. The van der Waals surface area contributed by atoms with Crippen LogP contribution < -0.4 is 11.6 Å². The van der Waals surface area contributed by atoms with Crippen molar-refractivity contribution < 1.29 is 14.9 Å². The highest BCUT2D eigenvalue weighted by Gasteiger charge is 2.52. The third kappa shape index (κ3) is 2.38. The number of anilines is 1. The van der Waals surface area contributed by atoms with Gasteiger partial charge in [-0.3, -0.25) is 0 Å². The summed E-state index contributed by atoms with van der Waals surface area (Å²) in [4.78, 5) is 8.24. The molecule has 23 heavy (non-hydrogen) atoms. The van der Waals surface area contributed by atoms with Crippen molar-refractivity contribution >= 4 is 39.0 Å².